The highest BCUT2D eigenvalue weighted by Gasteiger charge is 2.18. The summed E-state index contributed by atoms with van der Waals surface area (Å²) < 4.78 is 2.07. The molecular weight excluding hydrogens is 274 g/mol. The number of rotatable bonds is 4. The highest BCUT2D eigenvalue weighted by Crippen LogP contribution is 2.28. The van der Waals surface area contributed by atoms with Gasteiger partial charge in [-0.25, -0.2) is 4.79 Å². The van der Waals surface area contributed by atoms with Crippen LogP contribution in [0.4, 0.5) is 0 Å². The van der Waals surface area contributed by atoms with Crippen molar-refractivity contribution in [2.24, 2.45) is 5.92 Å². The third kappa shape index (κ3) is 2.88. The lowest BCUT2D eigenvalue weighted by molar-refractivity contribution is 0.0696. The normalized spacial score (nSPS) is 11.1. The quantitative estimate of drug-likeness (QED) is 0.903. The Bertz CT molecular complexity index is 627. The first kappa shape index (κ1) is 14.7. The summed E-state index contributed by atoms with van der Waals surface area (Å²) in [6.07, 6.45) is 0. The van der Waals surface area contributed by atoms with Gasteiger partial charge in [-0.15, -0.1) is 0 Å². The predicted molar refractivity (Wildman–Crippen MR) is 81.4 cm³/mol. The summed E-state index contributed by atoms with van der Waals surface area (Å²) in [4.78, 5) is 11.3. The Morgan fingerprint density at radius 2 is 1.90 bits per heavy atom. The summed E-state index contributed by atoms with van der Waals surface area (Å²) in [5.41, 5.74) is 3.04. The number of hydrogen-bond donors (Lipinski definition) is 1. The molecule has 0 aliphatic heterocycles. The maximum atomic E-state index is 11.3. The molecule has 0 aliphatic rings. The monoisotopic (exact) mass is 291 g/mol. The molecule has 1 N–H and O–H groups in total. The van der Waals surface area contributed by atoms with Crippen molar-refractivity contribution in [2.45, 2.75) is 27.3 Å². The summed E-state index contributed by atoms with van der Waals surface area (Å²) in [7, 11) is 0. The SMILES string of the molecule is Cc1c(C(=O)O)cc(-c2ccc(Cl)cc2)n1CC(C)C. The third-order valence-electron chi connectivity index (χ3n) is 3.28. The highest BCUT2D eigenvalue weighted by atomic mass is 35.5. The van der Waals surface area contributed by atoms with E-state index < -0.39 is 5.97 Å². The molecular formula is C16H18ClNO2. The number of carbonyl (C=O) groups is 1. The second kappa shape index (κ2) is 5.71. The molecule has 1 heterocycles. The molecule has 0 aliphatic carbocycles. The van der Waals surface area contributed by atoms with Crippen LogP contribution in [0.2, 0.25) is 5.02 Å². The summed E-state index contributed by atoms with van der Waals surface area (Å²) in [5.74, 6) is -0.450. The van der Waals surface area contributed by atoms with E-state index in [0.717, 1.165) is 23.5 Å². The van der Waals surface area contributed by atoms with Crippen LogP contribution in [0, 0.1) is 12.8 Å². The number of aromatic carboxylic acids is 1. The van der Waals surface area contributed by atoms with Crippen LogP contribution in [0.1, 0.15) is 29.9 Å². The average Bonchev–Trinajstić information content (AvgIpc) is 2.68. The van der Waals surface area contributed by atoms with E-state index in [-0.39, 0.29) is 0 Å². The molecule has 1 aromatic heterocycles. The van der Waals surface area contributed by atoms with Crippen LogP contribution in [-0.4, -0.2) is 15.6 Å². The highest BCUT2D eigenvalue weighted by molar-refractivity contribution is 6.30. The Morgan fingerprint density at radius 1 is 1.30 bits per heavy atom. The van der Waals surface area contributed by atoms with Crippen LogP contribution >= 0.6 is 11.6 Å². The molecule has 0 saturated heterocycles. The van der Waals surface area contributed by atoms with Crippen LogP contribution < -0.4 is 0 Å². The Labute approximate surface area is 123 Å². The van der Waals surface area contributed by atoms with Crippen molar-refractivity contribution < 1.29 is 9.90 Å². The van der Waals surface area contributed by atoms with Crippen LogP contribution in [0.5, 0.6) is 0 Å². The molecule has 0 fully saturated rings. The molecule has 0 amide bonds. The fourth-order valence-corrected chi connectivity index (χ4v) is 2.45. The van der Waals surface area contributed by atoms with Crippen LogP contribution in [0.25, 0.3) is 11.3 Å². The first-order valence-electron chi connectivity index (χ1n) is 6.59. The van der Waals surface area contributed by atoms with Gasteiger partial charge in [0, 0.05) is 23.0 Å². The molecule has 1 aromatic carbocycles. The second-order valence-electron chi connectivity index (χ2n) is 5.35. The van der Waals surface area contributed by atoms with Crippen molar-refractivity contribution in [1.82, 2.24) is 4.57 Å². The van der Waals surface area contributed by atoms with Crippen molar-refractivity contribution >= 4 is 17.6 Å². The average molecular weight is 292 g/mol. The Hall–Kier alpha value is -1.74. The van der Waals surface area contributed by atoms with E-state index in [0.29, 0.717) is 16.5 Å². The third-order valence-corrected chi connectivity index (χ3v) is 3.54. The Balaban J connectivity index is 2.58. The Kier molecular flexibility index (Phi) is 4.19. The van der Waals surface area contributed by atoms with E-state index >= 15 is 0 Å². The lowest BCUT2D eigenvalue weighted by Gasteiger charge is -2.14. The largest absolute Gasteiger partial charge is 0.478 e. The minimum absolute atomic E-state index is 0.357. The van der Waals surface area contributed by atoms with Gasteiger partial charge in [0.25, 0.3) is 0 Å². The fourth-order valence-electron chi connectivity index (χ4n) is 2.32. The number of benzene rings is 1. The van der Waals surface area contributed by atoms with E-state index in [4.69, 9.17) is 11.6 Å². The van der Waals surface area contributed by atoms with Crippen molar-refractivity contribution in [2.75, 3.05) is 0 Å². The van der Waals surface area contributed by atoms with Crippen LogP contribution in [-0.2, 0) is 6.54 Å². The summed E-state index contributed by atoms with van der Waals surface area (Å²) >= 11 is 5.91. The zero-order valence-corrected chi connectivity index (χ0v) is 12.6. The maximum Gasteiger partial charge on any atom is 0.337 e. The van der Waals surface area contributed by atoms with E-state index in [1.807, 2.05) is 31.2 Å². The predicted octanol–water partition coefficient (Wildman–Crippen LogP) is 4.47. The minimum Gasteiger partial charge on any atom is -0.478 e. The standard InChI is InChI=1S/C16H18ClNO2/c1-10(2)9-18-11(3)14(16(19)20)8-15(18)12-4-6-13(17)7-5-12/h4-8,10H,9H2,1-3H3,(H,19,20). The van der Waals surface area contributed by atoms with Gasteiger partial charge in [-0.3, -0.25) is 0 Å². The summed E-state index contributed by atoms with van der Waals surface area (Å²) in [6, 6.07) is 9.21. The van der Waals surface area contributed by atoms with Gasteiger partial charge in [-0.1, -0.05) is 37.6 Å². The maximum absolute atomic E-state index is 11.3. The van der Waals surface area contributed by atoms with Gasteiger partial charge < -0.3 is 9.67 Å². The zero-order chi connectivity index (χ0) is 14.9. The number of carboxylic acids is 1. The number of hydrogen-bond acceptors (Lipinski definition) is 1. The van der Waals surface area contributed by atoms with Gasteiger partial charge in [0.05, 0.1) is 5.56 Å². The number of nitrogens with zero attached hydrogens (tertiary/aromatic N) is 1. The van der Waals surface area contributed by atoms with E-state index in [1.165, 1.54) is 0 Å². The fraction of sp³-hybridized carbons (Fsp3) is 0.312. The van der Waals surface area contributed by atoms with Crippen molar-refractivity contribution in [3.8, 4) is 11.3 Å². The molecule has 0 unspecified atom stereocenters. The van der Waals surface area contributed by atoms with Gasteiger partial charge in [0.1, 0.15) is 0 Å². The zero-order valence-electron chi connectivity index (χ0n) is 11.9. The molecule has 0 atom stereocenters. The first-order chi connectivity index (χ1) is 9.40. The number of aromatic nitrogens is 1. The smallest absolute Gasteiger partial charge is 0.337 e. The molecule has 2 aromatic rings. The molecule has 4 heteroatoms. The van der Waals surface area contributed by atoms with Crippen molar-refractivity contribution in [3.05, 3.63) is 46.6 Å². The molecule has 2 rings (SSSR count). The van der Waals surface area contributed by atoms with Gasteiger partial charge >= 0.3 is 5.97 Å². The minimum atomic E-state index is -0.889. The molecule has 0 spiro atoms. The van der Waals surface area contributed by atoms with Crippen molar-refractivity contribution in [1.29, 1.82) is 0 Å². The van der Waals surface area contributed by atoms with Gasteiger partial charge in [0.15, 0.2) is 0 Å². The lowest BCUT2D eigenvalue weighted by Crippen LogP contribution is -2.09. The van der Waals surface area contributed by atoms with Crippen LogP contribution in [0.3, 0.4) is 0 Å². The Morgan fingerprint density at radius 3 is 2.40 bits per heavy atom. The molecule has 0 radical (unpaired) electrons. The summed E-state index contributed by atoms with van der Waals surface area (Å²) in [5, 5.41) is 9.97. The van der Waals surface area contributed by atoms with Crippen LogP contribution in [0.15, 0.2) is 30.3 Å². The van der Waals surface area contributed by atoms with Gasteiger partial charge in [-0.05, 0) is 36.6 Å². The summed E-state index contributed by atoms with van der Waals surface area (Å²) in [6.45, 7) is 6.87. The number of halogens is 1. The van der Waals surface area contributed by atoms with E-state index in [1.54, 1.807) is 6.07 Å². The van der Waals surface area contributed by atoms with E-state index in [9.17, 15) is 9.90 Å². The molecule has 106 valence electrons. The first-order valence-corrected chi connectivity index (χ1v) is 6.97. The molecule has 3 nitrogen and oxygen atoms in total. The molecule has 0 bridgehead atoms. The topological polar surface area (TPSA) is 42.2 Å². The second-order valence-corrected chi connectivity index (χ2v) is 5.78. The van der Waals surface area contributed by atoms with E-state index in [2.05, 4.69) is 18.4 Å². The molecule has 20 heavy (non-hydrogen) atoms. The molecule has 0 saturated carbocycles. The van der Waals surface area contributed by atoms with Gasteiger partial charge in [-0.2, -0.15) is 0 Å². The lowest BCUT2D eigenvalue weighted by atomic mass is 10.1. The van der Waals surface area contributed by atoms with Crippen molar-refractivity contribution in [3.63, 3.8) is 0 Å². The number of carboxylic acid groups (broad SMARTS) is 1. The van der Waals surface area contributed by atoms with Gasteiger partial charge in [0.2, 0.25) is 0 Å².